The number of nitriles is 1. The van der Waals surface area contributed by atoms with Gasteiger partial charge >= 0.3 is 5.97 Å². The van der Waals surface area contributed by atoms with Gasteiger partial charge in [0.05, 0.1) is 48.4 Å². The molecule has 218 valence electrons. The molecule has 0 unspecified atom stereocenters. The average Bonchev–Trinajstić information content (AvgIpc) is 3.71. The van der Waals surface area contributed by atoms with Crippen LogP contribution in [0.5, 0.6) is 0 Å². The summed E-state index contributed by atoms with van der Waals surface area (Å²) < 4.78 is 37.5. The highest BCUT2D eigenvalue weighted by atomic mass is 32.2. The van der Waals surface area contributed by atoms with Gasteiger partial charge in [-0.05, 0) is 68.4 Å². The maximum absolute atomic E-state index is 13.6. The highest BCUT2D eigenvalue weighted by Gasteiger charge is 2.44. The number of nitrogens with one attached hydrogen (secondary N) is 2. The Balaban J connectivity index is 1.42. The van der Waals surface area contributed by atoms with Crippen LogP contribution in [0.1, 0.15) is 48.5 Å². The van der Waals surface area contributed by atoms with Crippen molar-refractivity contribution in [1.29, 1.82) is 5.26 Å². The predicted octanol–water partition coefficient (Wildman–Crippen LogP) is 2.73. The van der Waals surface area contributed by atoms with Gasteiger partial charge in [0.2, 0.25) is 10.0 Å². The number of benzene rings is 1. The van der Waals surface area contributed by atoms with Crippen LogP contribution < -0.4 is 19.8 Å². The number of methoxy groups -OCH3 is 1. The van der Waals surface area contributed by atoms with Gasteiger partial charge in [-0.2, -0.15) is 5.26 Å². The third-order valence-corrected chi connectivity index (χ3v) is 9.08. The number of morpholine rings is 1. The molecule has 2 aromatic rings. The maximum Gasteiger partial charge on any atom is 0.322 e. The summed E-state index contributed by atoms with van der Waals surface area (Å²) in [4.78, 5) is 33.9. The lowest BCUT2D eigenvalue weighted by atomic mass is 9.93. The molecule has 1 aromatic heterocycles. The van der Waals surface area contributed by atoms with E-state index in [2.05, 4.69) is 30.7 Å². The largest absolute Gasteiger partial charge is 0.468 e. The van der Waals surface area contributed by atoms with E-state index >= 15 is 0 Å². The number of sulfonamides is 1. The molecule has 12 nitrogen and oxygen atoms in total. The van der Waals surface area contributed by atoms with Crippen LogP contribution in [-0.4, -0.2) is 77.0 Å². The highest BCUT2D eigenvalue weighted by molar-refractivity contribution is 7.93. The molecule has 1 saturated carbocycles. The number of aromatic nitrogens is 1. The van der Waals surface area contributed by atoms with Crippen LogP contribution in [0.2, 0.25) is 0 Å². The quantitative estimate of drug-likeness (QED) is 0.444. The number of esters is 1. The number of carbonyl (C=O) groups is 2. The smallest absolute Gasteiger partial charge is 0.322 e. The van der Waals surface area contributed by atoms with E-state index in [9.17, 15) is 23.3 Å². The van der Waals surface area contributed by atoms with Crippen LogP contribution >= 0.6 is 0 Å². The molecule has 1 amide bonds. The van der Waals surface area contributed by atoms with Crippen LogP contribution in [0, 0.1) is 16.7 Å². The number of ether oxygens (including phenoxy) is 2. The molecule has 2 saturated heterocycles. The van der Waals surface area contributed by atoms with Crippen molar-refractivity contribution in [2.24, 2.45) is 5.41 Å². The van der Waals surface area contributed by atoms with Crippen LogP contribution in [0.15, 0.2) is 30.3 Å². The summed E-state index contributed by atoms with van der Waals surface area (Å²) in [5.41, 5.74) is 1.92. The second kappa shape index (κ2) is 11.5. The lowest BCUT2D eigenvalue weighted by Gasteiger charge is -2.35. The minimum Gasteiger partial charge on any atom is -0.468 e. The summed E-state index contributed by atoms with van der Waals surface area (Å²) in [7, 11) is -2.89. The van der Waals surface area contributed by atoms with Crippen molar-refractivity contribution >= 4 is 44.9 Å². The van der Waals surface area contributed by atoms with E-state index < -0.39 is 27.7 Å². The van der Waals surface area contributed by atoms with Crippen molar-refractivity contribution in [3.8, 4) is 6.07 Å². The number of amides is 1. The van der Waals surface area contributed by atoms with Gasteiger partial charge in [-0.3, -0.25) is 14.3 Å². The van der Waals surface area contributed by atoms with Crippen molar-refractivity contribution in [2.75, 3.05) is 65.5 Å². The fraction of sp³-hybridized carbons (Fsp3) is 0.500. The molecule has 3 aliphatic rings. The fourth-order valence-corrected chi connectivity index (χ4v) is 6.38. The average molecular weight is 583 g/mol. The number of rotatable bonds is 8. The Morgan fingerprint density at radius 1 is 1.15 bits per heavy atom. The molecule has 1 spiro atoms. The van der Waals surface area contributed by atoms with Gasteiger partial charge in [0, 0.05) is 26.2 Å². The first kappa shape index (κ1) is 28.6. The number of hydrogen-bond donors (Lipinski definition) is 2. The monoisotopic (exact) mass is 582 g/mol. The number of hydrogen-bond acceptors (Lipinski definition) is 10. The van der Waals surface area contributed by atoms with E-state index in [0.717, 1.165) is 33.0 Å². The zero-order valence-corrected chi connectivity index (χ0v) is 24.0. The molecule has 3 fully saturated rings. The van der Waals surface area contributed by atoms with E-state index in [1.165, 1.54) is 25.0 Å². The standard InChI is InChI=1S/C28H34N6O6S/c1-19-17-34(11-12-40-19)25-14-20(16-29)13-24(30-25)31-27(36)22-4-3-21(32-41(37,38)18-26(35)39-2)15-23(22)33-9-7-28(5-6-28)8-10-33/h3-4,13-15,19,32H,5-12,17-18H2,1-2H3,(H,30,31,36)/t19-/m1/s1. The minimum absolute atomic E-state index is 0.0137. The van der Waals surface area contributed by atoms with Crippen molar-refractivity contribution in [3.63, 3.8) is 0 Å². The Bertz CT molecular complexity index is 1480. The Morgan fingerprint density at radius 2 is 1.90 bits per heavy atom. The topological polar surface area (TPSA) is 154 Å². The first-order valence-electron chi connectivity index (χ1n) is 13.7. The lowest BCUT2D eigenvalue weighted by molar-refractivity contribution is -0.137. The van der Waals surface area contributed by atoms with Gasteiger partial charge in [-0.15, -0.1) is 0 Å². The first-order valence-corrected chi connectivity index (χ1v) is 15.3. The number of piperidine rings is 1. The third kappa shape index (κ3) is 6.89. The molecular weight excluding hydrogens is 548 g/mol. The van der Waals surface area contributed by atoms with Crippen LogP contribution in [0.25, 0.3) is 0 Å². The molecule has 3 heterocycles. The van der Waals surface area contributed by atoms with Crippen molar-refractivity contribution in [1.82, 2.24) is 4.98 Å². The minimum atomic E-state index is -4.01. The van der Waals surface area contributed by atoms with Gasteiger partial charge in [0.15, 0.2) is 5.75 Å². The van der Waals surface area contributed by atoms with Crippen molar-refractivity contribution < 1.29 is 27.5 Å². The molecule has 5 rings (SSSR count). The van der Waals surface area contributed by atoms with E-state index in [1.54, 1.807) is 18.2 Å². The Labute approximate surface area is 239 Å². The number of nitrogens with zero attached hydrogens (tertiary/aromatic N) is 4. The molecule has 41 heavy (non-hydrogen) atoms. The van der Waals surface area contributed by atoms with E-state index in [4.69, 9.17) is 4.74 Å². The van der Waals surface area contributed by atoms with Crippen molar-refractivity contribution in [2.45, 2.75) is 38.7 Å². The van der Waals surface area contributed by atoms with Gasteiger partial charge in [0.25, 0.3) is 5.91 Å². The second-order valence-corrected chi connectivity index (χ2v) is 12.7. The Kier molecular flexibility index (Phi) is 8.06. The molecule has 1 aliphatic carbocycles. The van der Waals surface area contributed by atoms with E-state index in [1.807, 2.05) is 11.8 Å². The van der Waals surface area contributed by atoms with Gasteiger partial charge in [0.1, 0.15) is 11.6 Å². The zero-order chi connectivity index (χ0) is 29.2. The zero-order valence-electron chi connectivity index (χ0n) is 23.2. The van der Waals surface area contributed by atoms with Gasteiger partial charge in [-0.1, -0.05) is 0 Å². The molecule has 1 atom stereocenters. The molecule has 1 aromatic carbocycles. The molecule has 13 heteroatoms. The second-order valence-electron chi connectivity index (χ2n) is 10.9. The number of anilines is 4. The molecule has 2 aliphatic heterocycles. The van der Waals surface area contributed by atoms with Crippen molar-refractivity contribution in [3.05, 3.63) is 41.5 Å². The number of pyridine rings is 1. The summed E-state index contributed by atoms with van der Waals surface area (Å²) in [6.45, 7) is 5.21. The third-order valence-electron chi connectivity index (χ3n) is 7.92. The number of carbonyl (C=O) groups excluding carboxylic acids is 2. The molecule has 0 radical (unpaired) electrons. The Hall–Kier alpha value is -3.89. The highest BCUT2D eigenvalue weighted by Crippen LogP contribution is 2.54. The van der Waals surface area contributed by atoms with Gasteiger partial charge in [-0.25, -0.2) is 13.4 Å². The summed E-state index contributed by atoms with van der Waals surface area (Å²) in [6.07, 6.45) is 4.44. The fourth-order valence-electron chi connectivity index (χ4n) is 5.39. The van der Waals surface area contributed by atoms with Crippen LogP contribution in [-0.2, 0) is 24.3 Å². The summed E-state index contributed by atoms with van der Waals surface area (Å²) in [6, 6.07) is 10.0. The van der Waals surface area contributed by atoms with Crippen LogP contribution in [0.3, 0.4) is 0 Å². The molecule has 0 bridgehead atoms. The SMILES string of the molecule is COC(=O)CS(=O)(=O)Nc1ccc(C(=O)Nc2cc(C#N)cc(N3CCO[C@H](C)C3)n2)c(N2CCC3(CC2)CC3)c1. The summed E-state index contributed by atoms with van der Waals surface area (Å²) >= 11 is 0. The normalized spacial score (nSPS) is 19.8. The van der Waals surface area contributed by atoms with Crippen LogP contribution in [0.4, 0.5) is 23.0 Å². The predicted molar refractivity (Wildman–Crippen MR) is 154 cm³/mol. The lowest BCUT2D eigenvalue weighted by Crippen LogP contribution is -2.41. The van der Waals surface area contributed by atoms with Gasteiger partial charge < -0.3 is 24.6 Å². The first-order chi connectivity index (χ1) is 19.6. The maximum atomic E-state index is 13.6. The van der Waals surface area contributed by atoms with E-state index in [0.29, 0.717) is 47.7 Å². The summed E-state index contributed by atoms with van der Waals surface area (Å²) in [5, 5.41) is 12.5. The van der Waals surface area contributed by atoms with E-state index in [-0.39, 0.29) is 17.6 Å². The molecule has 2 N–H and O–H groups in total. The summed E-state index contributed by atoms with van der Waals surface area (Å²) in [5.74, 6) is -1.31. The Morgan fingerprint density at radius 3 is 2.56 bits per heavy atom. The molecular formula is C28H34N6O6S.